The van der Waals surface area contributed by atoms with Crippen molar-refractivity contribution in [2.45, 2.75) is 38.8 Å². The van der Waals surface area contributed by atoms with Crippen molar-refractivity contribution in [3.05, 3.63) is 105 Å². The first-order chi connectivity index (χ1) is 19.0. The van der Waals surface area contributed by atoms with Crippen LogP contribution < -0.4 is 0 Å². The van der Waals surface area contributed by atoms with Gasteiger partial charge in [0.2, 0.25) is 5.91 Å². The molecular formula is C33H35N3O2S. The second kappa shape index (κ2) is 10.9. The molecule has 0 bridgehead atoms. The lowest BCUT2D eigenvalue weighted by Gasteiger charge is -2.41. The van der Waals surface area contributed by atoms with Gasteiger partial charge in [0, 0.05) is 55.6 Å². The highest BCUT2D eigenvalue weighted by molar-refractivity contribution is 7.10. The van der Waals surface area contributed by atoms with Gasteiger partial charge < -0.3 is 9.80 Å². The topological polar surface area (TPSA) is 43.9 Å². The van der Waals surface area contributed by atoms with Gasteiger partial charge in [-0.25, -0.2) is 0 Å². The molecule has 6 heteroatoms. The van der Waals surface area contributed by atoms with Crippen LogP contribution >= 0.6 is 11.3 Å². The summed E-state index contributed by atoms with van der Waals surface area (Å²) in [4.78, 5) is 34.5. The van der Waals surface area contributed by atoms with Crippen molar-refractivity contribution in [3.8, 4) is 0 Å². The van der Waals surface area contributed by atoms with Crippen molar-refractivity contribution in [1.82, 2.24) is 14.7 Å². The van der Waals surface area contributed by atoms with Crippen molar-refractivity contribution in [3.63, 3.8) is 0 Å². The summed E-state index contributed by atoms with van der Waals surface area (Å²) in [6, 6.07) is 25.3. The van der Waals surface area contributed by atoms with E-state index < -0.39 is 0 Å². The van der Waals surface area contributed by atoms with E-state index in [9.17, 15) is 9.59 Å². The van der Waals surface area contributed by atoms with Crippen molar-refractivity contribution in [2.24, 2.45) is 0 Å². The van der Waals surface area contributed by atoms with E-state index in [-0.39, 0.29) is 23.9 Å². The third kappa shape index (κ3) is 5.23. The number of hydrogen-bond donors (Lipinski definition) is 0. The second-order valence-corrected chi connectivity index (χ2v) is 11.9. The molecule has 0 unspecified atom stereocenters. The minimum atomic E-state index is -0.0228. The Hall–Kier alpha value is -3.48. The Morgan fingerprint density at radius 3 is 2.51 bits per heavy atom. The molecule has 200 valence electrons. The van der Waals surface area contributed by atoms with E-state index in [1.54, 1.807) is 0 Å². The molecule has 2 aliphatic rings. The van der Waals surface area contributed by atoms with Crippen LogP contribution in [0.1, 0.15) is 51.3 Å². The highest BCUT2D eigenvalue weighted by Gasteiger charge is 2.33. The number of aryl methyl sites for hydroxylation is 1. The van der Waals surface area contributed by atoms with E-state index in [0.717, 1.165) is 30.3 Å². The van der Waals surface area contributed by atoms with Gasteiger partial charge in [0.05, 0.1) is 6.04 Å². The highest BCUT2D eigenvalue weighted by Crippen LogP contribution is 2.38. The molecule has 39 heavy (non-hydrogen) atoms. The van der Waals surface area contributed by atoms with Crippen molar-refractivity contribution >= 4 is 33.9 Å². The van der Waals surface area contributed by atoms with Gasteiger partial charge in [-0.15, -0.1) is 11.3 Å². The first kappa shape index (κ1) is 25.8. The number of nitrogens with zero attached hydrogens (tertiary/aromatic N) is 3. The number of hydrogen-bond acceptors (Lipinski definition) is 4. The largest absolute Gasteiger partial charge is 0.339 e. The van der Waals surface area contributed by atoms with Gasteiger partial charge in [0.25, 0.3) is 5.91 Å². The minimum absolute atomic E-state index is 0.0228. The molecule has 0 aliphatic carbocycles. The SMILES string of the molecule is Cc1ccc([C@H]2c3ccsc3CCN2CCC(=O)N2CCN(C(=O)c3ccc4ccccc4c3)[C@H](C)C2)cc1. The number of piperazine rings is 1. The zero-order valence-corrected chi connectivity index (χ0v) is 23.5. The lowest BCUT2D eigenvalue weighted by atomic mass is 9.92. The number of carbonyl (C=O) groups is 2. The molecule has 5 nitrogen and oxygen atoms in total. The highest BCUT2D eigenvalue weighted by atomic mass is 32.1. The van der Waals surface area contributed by atoms with Gasteiger partial charge in [-0.1, -0.05) is 60.2 Å². The van der Waals surface area contributed by atoms with Crippen molar-refractivity contribution < 1.29 is 9.59 Å². The summed E-state index contributed by atoms with van der Waals surface area (Å²) in [7, 11) is 0. The van der Waals surface area contributed by atoms with E-state index in [1.807, 2.05) is 57.5 Å². The quantitative estimate of drug-likeness (QED) is 0.317. The molecule has 2 aliphatic heterocycles. The minimum Gasteiger partial charge on any atom is -0.339 e. The number of rotatable bonds is 5. The summed E-state index contributed by atoms with van der Waals surface area (Å²) in [6.45, 7) is 7.59. The smallest absolute Gasteiger partial charge is 0.254 e. The fraction of sp³-hybridized carbons (Fsp3) is 0.333. The van der Waals surface area contributed by atoms with Gasteiger partial charge in [-0.2, -0.15) is 0 Å². The molecule has 0 saturated carbocycles. The zero-order valence-electron chi connectivity index (χ0n) is 22.7. The average Bonchev–Trinajstić information content (AvgIpc) is 3.44. The summed E-state index contributed by atoms with van der Waals surface area (Å²) in [5.41, 5.74) is 4.65. The van der Waals surface area contributed by atoms with Crippen LogP contribution in [0.25, 0.3) is 10.8 Å². The van der Waals surface area contributed by atoms with Crippen LogP contribution in [-0.4, -0.2) is 65.3 Å². The molecule has 3 aromatic carbocycles. The lowest BCUT2D eigenvalue weighted by molar-refractivity contribution is -0.134. The summed E-state index contributed by atoms with van der Waals surface area (Å²) in [5, 5.41) is 4.40. The third-order valence-electron chi connectivity index (χ3n) is 8.31. The normalized spacial score (nSPS) is 19.7. The molecular weight excluding hydrogens is 502 g/mol. The Kier molecular flexibility index (Phi) is 7.24. The zero-order chi connectivity index (χ0) is 26.9. The van der Waals surface area contributed by atoms with Crippen LogP contribution in [0.3, 0.4) is 0 Å². The number of amides is 2. The molecule has 1 fully saturated rings. The summed E-state index contributed by atoms with van der Waals surface area (Å²) in [5.74, 6) is 0.222. The number of thiophene rings is 1. The number of benzene rings is 3. The van der Waals surface area contributed by atoms with E-state index >= 15 is 0 Å². The molecule has 0 N–H and O–H groups in total. The fourth-order valence-electron chi connectivity index (χ4n) is 6.12. The summed E-state index contributed by atoms with van der Waals surface area (Å²) >= 11 is 1.84. The Bertz CT molecular complexity index is 1490. The third-order valence-corrected chi connectivity index (χ3v) is 9.31. The number of carbonyl (C=O) groups excluding carboxylic acids is 2. The Balaban J connectivity index is 1.09. The predicted octanol–water partition coefficient (Wildman–Crippen LogP) is 5.92. The molecule has 4 aromatic rings. The maximum atomic E-state index is 13.4. The van der Waals surface area contributed by atoms with Crippen LogP contribution in [0.5, 0.6) is 0 Å². The van der Waals surface area contributed by atoms with E-state index in [2.05, 4.69) is 60.5 Å². The molecule has 6 rings (SSSR count). The Morgan fingerprint density at radius 2 is 1.72 bits per heavy atom. The molecule has 2 atom stereocenters. The molecule has 1 saturated heterocycles. The first-order valence-corrected chi connectivity index (χ1v) is 14.8. The predicted molar refractivity (Wildman–Crippen MR) is 158 cm³/mol. The van der Waals surface area contributed by atoms with E-state index in [0.29, 0.717) is 31.6 Å². The second-order valence-electron chi connectivity index (χ2n) is 10.9. The molecule has 0 spiro atoms. The maximum Gasteiger partial charge on any atom is 0.254 e. The van der Waals surface area contributed by atoms with Gasteiger partial charge >= 0.3 is 0 Å². The monoisotopic (exact) mass is 537 g/mol. The molecule has 3 heterocycles. The summed E-state index contributed by atoms with van der Waals surface area (Å²) < 4.78 is 0. The van der Waals surface area contributed by atoms with Crippen LogP contribution in [0.15, 0.2) is 78.2 Å². The fourth-order valence-corrected chi connectivity index (χ4v) is 7.02. The maximum absolute atomic E-state index is 13.4. The van der Waals surface area contributed by atoms with Gasteiger partial charge in [-0.05, 0) is 65.7 Å². The molecule has 2 amide bonds. The Labute approximate surface area is 234 Å². The first-order valence-electron chi connectivity index (χ1n) is 13.9. The van der Waals surface area contributed by atoms with E-state index in [1.165, 1.54) is 21.6 Å². The van der Waals surface area contributed by atoms with Crippen LogP contribution in [0, 0.1) is 6.92 Å². The molecule has 0 radical (unpaired) electrons. The molecule has 1 aromatic heterocycles. The van der Waals surface area contributed by atoms with Crippen LogP contribution in [0.2, 0.25) is 0 Å². The van der Waals surface area contributed by atoms with Crippen LogP contribution in [-0.2, 0) is 11.2 Å². The van der Waals surface area contributed by atoms with Gasteiger partial charge in [-0.3, -0.25) is 14.5 Å². The Morgan fingerprint density at radius 1 is 0.923 bits per heavy atom. The van der Waals surface area contributed by atoms with Crippen molar-refractivity contribution in [1.29, 1.82) is 0 Å². The standard InChI is InChI=1S/C33H35N3O2S/c1-23-7-9-26(10-8-23)32-29-15-20-39-30(29)13-16-34(32)17-14-31(37)35-18-19-36(24(2)22-35)33(38)28-12-11-25-5-3-4-6-27(25)21-28/h3-12,15,20-21,24,32H,13-14,16-19,22H2,1-2H3/t24-,32+/m1/s1. The number of fused-ring (bicyclic) bond motifs is 2. The van der Waals surface area contributed by atoms with E-state index in [4.69, 9.17) is 0 Å². The lowest BCUT2D eigenvalue weighted by Crippen LogP contribution is -2.55. The summed E-state index contributed by atoms with van der Waals surface area (Å²) in [6.07, 6.45) is 1.53. The average molecular weight is 538 g/mol. The van der Waals surface area contributed by atoms with Gasteiger partial charge in [0.15, 0.2) is 0 Å². The van der Waals surface area contributed by atoms with Crippen molar-refractivity contribution in [2.75, 3.05) is 32.7 Å². The van der Waals surface area contributed by atoms with Crippen LogP contribution in [0.4, 0.5) is 0 Å². The van der Waals surface area contributed by atoms with Gasteiger partial charge in [0.1, 0.15) is 0 Å².